The van der Waals surface area contributed by atoms with E-state index in [9.17, 15) is 9.59 Å². The van der Waals surface area contributed by atoms with Crippen LogP contribution in [0.5, 0.6) is 0 Å². The number of carbonyl (C=O) groups is 2. The smallest absolute Gasteiger partial charge is 0.234 e. The number of nitrogens with two attached hydrogens (primary N) is 1. The number of rotatable bonds is 9. The maximum atomic E-state index is 12.3. The van der Waals surface area contributed by atoms with Gasteiger partial charge in [-0.25, -0.2) is 0 Å². The van der Waals surface area contributed by atoms with Crippen LogP contribution in [-0.4, -0.2) is 46.4 Å². The van der Waals surface area contributed by atoms with Gasteiger partial charge in [0.1, 0.15) is 5.82 Å². The van der Waals surface area contributed by atoms with E-state index in [0.29, 0.717) is 12.5 Å². The third kappa shape index (κ3) is 5.22. The SMILES string of the molecule is CN(C)c1ccc(NC(=O)CSc2nnc(CCC(N)=O)n2C2CC2)cc1. The fourth-order valence-electron chi connectivity index (χ4n) is 2.68. The highest BCUT2D eigenvalue weighted by Gasteiger charge is 2.29. The molecule has 1 heterocycles. The number of hydrogen-bond acceptors (Lipinski definition) is 6. The van der Waals surface area contributed by atoms with Crippen LogP contribution in [0, 0.1) is 0 Å². The Morgan fingerprint density at radius 3 is 2.56 bits per heavy atom. The summed E-state index contributed by atoms with van der Waals surface area (Å²) in [4.78, 5) is 25.3. The molecule has 1 fully saturated rings. The largest absolute Gasteiger partial charge is 0.378 e. The van der Waals surface area contributed by atoms with Gasteiger partial charge >= 0.3 is 0 Å². The van der Waals surface area contributed by atoms with Crippen LogP contribution >= 0.6 is 11.8 Å². The molecule has 1 aromatic heterocycles. The molecule has 0 bridgehead atoms. The van der Waals surface area contributed by atoms with E-state index in [-0.39, 0.29) is 24.0 Å². The van der Waals surface area contributed by atoms with Crippen molar-refractivity contribution >= 4 is 35.0 Å². The van der Waals surface area contributed by atoms with Crippen molar-refractivity contribution < 1.29 is 9.59 Å². The molecule has 0 radical (unpaired) electrons. The lowest BCUT2D eigenvalue weighted by atomic mass is 10.2. The van der Waals surface area contributed by atoms with Gasteiger partial charge in [-0.2, -0.15) is 0 Å². The van der Waals surface area contributed by atoms with Gasteiger partial charge in [0.25, 0.3) is 0 Å². The summed E-state index contributed by atoms with van der Waals surface area (Å²) in [5.74, 6) is 0.560. The number of nitrogens with zero attached hydrogens (tertiary/aromatic N) is 4. The predicted molar refractivity (Wildman–Crippen MR) is 106 cm³/mol. The van der Waals surface area contributed by atoms with Gasteiger partial charge in [0.05, 0.1) is 5.75 Å². The normalized spacial score (nSPS) is 13.4. The fraction of sp³-hybridized carbons (Fsp3) is 0.444. The van der Waals surface area contributed by atoms with Gasteiger partial charge in [-0.3, -0.25) is 9.59 Å². The molecule has 0 saturated heterocycles. The molecule has 2 aromatic rings. The predicted octanol–water partition coefficient (Wildman–Crippen LogP) is 1.83. The highest BCUT2D eigenvalue weighted by Crippen LogP contribution is 2.39. The quantitative estimate of drug-likeness (QED) is 0.635. The number of hydrogen-bond donors (Lipinski definition) is 2. The van der Waals surface area contributed by atoms with Crippen molar-refractivity contribution in [3.05, 3.63) is 30.1 Å². The number of aromatic nitrogens is 3. The third-order valence-electron chi connectivity index (χ3n) is 4.24. The number of amides is 2. The van der Waals surface area contributed by atoms with Gasteiger partial charge in [-0.05, 0) is 37.1 Å². The zero-order chi connectivity index (χ0) is 19.4. The Hall–Kier alpha value is -2.55. The second-order valence-corrected chi connectivity index (χ2v) is 7.69. The first-order valence-corrected chi connectivity index (χ1v) is 9.84. The van der Waals surface area contributed by atoms with Crippen LogP contribution in [-0.2, 0) is 16.0 Å². The first-order chi connectivity index (χ1) is 12.9. The highest BCUT2D eigenvalue weighted by molar-refractivity contribution is 7.99. The van der Waals surface area contributed by atoms with Gasteiger partial charge in [-0.1, -0.05) is 11.8 Å². The van der Waals surface area contributed by atoms with Crippen LogP contribution < -0.4 is 16.0 Å². The van der Waals surface area contributed by atoms with E-state index in [0.717, 1.165) is 35.2 Å². The van der Waals surface area contributed by atoms with Crippen molar-refractivity contribution in [1.82, 2.24) is 14.8 Å². The molecular weight excluding hydrogens is 364 g/mol. The van der Waals surface area contributed by atoms with Crippen LogP contribution in [0.2, 0.25) is 0 Å². The number of aryl methyl sites for hydroxylation is 1. The third-order valence-corrected chi connectivity index (χ3v) is 5.19. The first kappa shape index (κ1) is 19.2. The van der Waals surface area contributed by atoms with Crippen LogP contribution in [0.1, 0.15) is 31.1 Å². The molecule has 9 heteroatoms. The number of thioether (sulfide) groups is 1. The molecule has 0 spiro atoms. The summed E-state index contributed by atoms with van der Waals surface area (Å²) in [5.41, 5.74) is 7.06. The summed E-state index contributed by atoms with van der Waals surface area (Å²) >= 11 is 1.36. The molecule has 1 aliphatic rings. The van der Waals surface area contributed by atoms with Crippen LogP contribution in [0.25, 0.3) is 0 Å². The molecule has 1 saturated carbocycles. The Morgan fingerprint density at radius 2 is 1.96 bits per heavy atom. The molecule has 1 aliphatic carbocycles. The maximum Gasteiger partial charge on any atom is 0.234 e. The zero-order valence-corrected chi connectivity index (χ0v) is 16.3. The van der Waals surface area contributed by atoms with Crippen molar-refractivity contribution in [3.8, 4) is 0 Å². The van der Waals surface area contributed by atoms with E-state index in [2.05, 4.69) is 15.5 Å². The van der Waals surface area contributed by atoms with E-state index >= 15 is 0 Å². The second-order valence-electron chi connectivity index (χ2n) is 6.74. The minimum atomic E-state index is -0.353. The average Bonchev–Trinajstić information content (AvgIpc) is 3.38. The average molecular weight is 388 g/mol. The lowest BCUT2D eigenvalue weighted by Gasteiger charge is -2.13. The minimum Gasteiger partial charge on any atom is -0.378 e. The summed E-state index contributed by atoms with van der Waals surface area (Å²) in [7, 11) is 3.94. The monoisotopic (exact) mass is 388 g/mol. The molecule has 27 heavy (non-hydrogen) atoms. The number of primary amides is 1. The molecule has 0 aliphatic heterocycles. The number of benzene rings is 1. The minimum absolute atomic E-state index is 0.0957. The first-order valence-electron chi connectivity index (χ1n) is 8.86. The van der Waals surface area contributed by atoms with E-state index in [1.807, 2.05) is 47.8 Å². The van der Waals surface area contributed by atoms with Gasteiger partial charge in [0.15, 0.2) is 5.16 Å². The van der Waals surface area contributed by atoms with Crippen LogP contribution in [0.3, 0.4) is 0 Å². The highest BCUT2D eigenvalue weighted by atomic mass is 32.2. The van der Waals surface area contributed by atoms with E-state index in [1.165, 1.54) is 11.8 Å². The summed E-state index contributed by atoms with van der Waals surface area (Å²) in [6, 6.07) is 8.04. The van der Waals surface area contributed by atoms with Gasteiger partial charge in [0, 0.05) is 44.4 Å². The van der Waals surface area contributed by atoms with Crippen molar-refractivity contribution in [2.45, 2.75) is 36.9 Å². The topological polar surface area (TPSA) is 106 Å². The molecule has 0 unspecified atom stereocenters. The Bertz CT molecular complexity index is 814. The van der Waals surface area contributed by atoms with Gasteiger partial charge < -0.3 is 20.5 Å². The van der Waals surface area contributed by atoms with Crippen molar-refractivity contribution in [1.29, 1.82) is 0 Å². The number of carbonyl (C=O) groups excluding carboxylic acids is 2. The van der Waals surface area contributed by atoms with E-state index < -0.39 is 0 Å². The maximum absolute atomic E-state index is 12.3. The van der Waals surface area contributed by atoms with E-state index in [4.69, 9.17) is 5.73 Å². The lowest BCUT2D eigenvalue weighted by Crippen LogP contribution is -2.15. The summed E-state index contributed by atoms with van der Waals surface area (Å²) < 4.78 is 2.05. The Labute approximate surface area is 162 Å². The van der Waals surface area contributed by atoms with E-state index in [1.54, 1.807) is 0 Å². The molecule has 8 nitrogen and oxygen atoms in total. The zero-order valence-electron chi connectivity index (χ0n) is 15.5. The Morgan fingerprint density at radius 1 is 1.26 bits per heavy atom. The van der Waals surface area contributed by atoms with Gasteiger partial charge in [0.2, 0.25) is 11.8 Å². The molecule has 1 aromatic carbocycles. The summed E-state index contributed by atoms with van der Waals surface area (Å²) in [6.45, 7) is 0. The Balaban J connectivity index is 1.57. The standard InChI is InChI=1S/C18H24N6O2S/c1-23(2)13-5-3-12(4-6-13)20-17(26)11-27-18-22-21-16(10-9-15(19)25)24(18)14-7-8-14/h3-6,14H,7-11H2,1-2H3,(H2,19,25)(H,20,26). The van der Waals surface area contributed by atoms with Crippen LogP contribution in [0.4, 0.5) is 11.4 Å². The number of nitrogens with one attached hydrogen (secondary N) is 1. The molecular formula is C18H24N6O2S. The Kier molecular flexibility index (Phi) is 6.00. The van der Waals surface area contributed by atoms with Gasteiger partial charge in [-0.15, -0.1) is 10.2 Å². The summed E-state index contributed by atoms with van der Waals surface area (Å²) in [6.07, 6.45) is 2.86. The second kappa shape index (κ2) is 8.43. The summed E-state index contributed by atoms with van der Waals surface area (Å²) in [5, 5.41) is 12.0. The fourth-order valence-corrected chi connectivity index (χ4v) is 3.51. The van der Waals surface area contributed by atoms with Crippen molar-refractivity contribution in [2.24, 2.45) is 5.73 Å². The molecule has 2 amide bonds. The van der Waals surface area contributed by atoms with Crippen molar-refractivity contribution in [3.63, 3.8) is 0 Å². The number of anilines is 2. The molecule has 3 N–H and O–H groups in total. The molecule has 0 atom stereocenters. The lowest BCUT2D eigenvalue weighted by molar-refractivity contribution is -0.118. The van der Waals surface area contributed by atoms with Crippen LogP contribution in [0.15, 0.2) is 29.4 Å². The molecule has 144 valence electrons. The molecule has 3 rings (SSSR count). The van der Waals surface area contributed by atoms with Crippen molar-refractivity contribution in [2.75, 3.05) is 30.1 Å².